The molecule has 3 aromatic rings. The van der Waals surface area contributed by atoms with E-state index in [1.165, 1.54) is 0 Å². The van der Waals surface area contributed by atoms with E-state index in [1.807, 2.05) is 12.1 Å². The second kappa shape index (κ2) is 6.04. The molecule has 0 amide bonds. The van der Waals surface area contributed by atoms with Gasteiger partial charge in [0.1, 0.15) is 5.75 Å². The van der Waals surface area contributed by atoms with Crippen LogP contribution in [0.15, 0.2) is 63.7 Å². The van der Waals surface area contributed by atoms with Crippen LogP contribution >= 0.6 is 0 Å². The summed E-state index contributed by atoms with van der Waals surface area (Å²) in [5, 5.41) is 13.3. The number of methoxy groups -OCH3 is 1. The van der Waals surface area contributed by atoms with Crippen molar-refractivity contribution in [3.8, 4) is 17.0 Å². The molecule has 0 aliphatic heterocycles. The number of hydrogen-bond donors (Lipinski definition) is 2. The third kappa shape index (κ3) is 2.78. The fourth-order valence-corrected chi connectivity index (χ4v) is 1.93. The molecule has 0 unspecified atom stereocenters. The van der Waals surface area contributed by atoms with Crippen LogP contribution in [-0.4, -0.2) is 22.3 Å². The Balaban J connectivity index is 1.97. The molecule has 1 aromatic carbocycles. The molecule has 2 aromatic heterocycles. The van der Waals surface area contributed by atoms with Crippen molar-refractivity contribution >= 4 is 11.5 Å². The summed E-state index contributed by atoms with van der Waals surface area (Å²) in [5.74, 6) is 1.17. The molecule has 0 saturated heterocycles. The first kappa shape index (κ1) is 13.7. The van der Waals surface area contributed by atoms with E-state index in [0.29, 0.717) is 11.5 Å². The Kier molecular flexibility index (Phi) is 3.78. The van der Waals surface area contributed by atoms with Crippen LogP contribution < -0.4 is 10.3 Å². The van der Waals surface area contributed by atoms with Crippen LogP contribution in [0.25, 0.3) is 11.3 Å². The maximum atomic E-state index is 11.9. The van der Waals surface area contributed by atoms with Crippen LogP contribution in [-0.2, 0) is 0 Å². The molecule has 110 valence electrons. The lowest BCUT2D eigenvalue weighted by molar-refractivity contribution is 0.415. The molecule has 2 N–H and O–H groups in total. The van der Waals surface area contributed by atoms with Gasteiger partial charge >= 0.3 is 0 Å². The topological polar surface area (TPSA) is 95.5 Å². The number of aromatic nitrogens is 3. The molecule has 0 radical (unpaired) electrons. The van der Waals surface area contributed by atoms with Gasteiger partial charge < -0.3 is 4.74 Å². The Bertz CT molecular complexity index is 834. The molecule has 7 nitrogen and oxygen atoms in total. The number of azo groups is 1. The number of aromatic amines is 2. The van der Waals surface area contributed by atoms with Crippen molar-refractivity contribution in [3.05, 3.63) is 59.0 Å². The number of pyridine rings is 1. The SMILES string of the molecule is COc1ccc(-c2[nH][nH]c(=O)c2N=Nc2ccccn2)cc1. The first-order chi connectivity index (χ1) is 10.8. The van der Waals surface area contributed by atoms with E-state index in [-0.39, 0.29) is 11.2 Å². The van der Waals surface area contributed by atoms with E-state index < -0.39 is 0 Å². The number of benzene rings is 1. The number of H-pyrrole nitrogens is 2. The predicted octanol–water partition coefficient (Wildman–Crippen LogP) is 3.19. The third-order valence-corrected chi connectivity index (χ3v) is 3.03. The molecule has 0 aliphatic carbocycles. The van der Waals surface area contributed by atoms with Gasteiger partial charge in [-0.2, -0.15) is 0 Å². The highest BCUT2D eigenvalue weighted by molar-refractivity contribution is 5.71. The van der Waals surface area contributed by atoms with Crippen LogP contribution in [0.3, 0.4) is 0 Å². The van der Waals surface area contributed by atoms with Crippen LogP contribution in [0.5, 0.6) is 5.75 Å². The van der Waals surface area contributed by atoms with Gasteiger partial charge in [0, 0.05) is 11.8 Å². The summed E-state index contributed by atoms with van der Waals surface area (Å²) in [4.78, 5) is 15.9. The lowest BCUT2D eigenvalue weighted by Gasteiger charge is -2.01. The zero-order valence-corrected chi connectivity index (χ0v) is 11.8. The van der Waals surface area contributed by atoms with Crippen LogP contribution in [0.4, 0.5) is 11.5 Å². The zero-order chi connectivity index (χ0) is 15.4. The van der Waals surface area contributed by atoms with Crippen molar-refractivity contribution in [1.82, 2.24) is 15.2 Å². The minimum absolute atomic E-state index is 0.204. The third-order valence-electron chi connectivity index (χ3n) is 3.03. The van der Waals surface area contributed by atoms with E-state index in [0.717, 1.165) is 11.3 Å². The number of nitrogens with one attached hydrogen (secondary N) is 2. The van der Waals surface area contributed by atoms with Crippen molar-refractivity contribution in [1.29, 1.82) is 0 Å². The van der Waals surface area contributed by atoms with Gasteiger partial charge in [-0.05, 0) is 36.4 Å². The Morgan fingerprint density at radius 3 is 2.55 bits per heavy atom. The molecular weight excluding hydrogens is 282 g/mol. The molecule has 0 atom stereocenters. The maximum absolute atomic E-state index is 11.9. The smallest absolute Gasteiger partial charge is 0.292 e. The van der Waals surface area contributed by atoms with E-state index >= 15 is 0 Å². The molecule has 22 heavy (non-hydrogen) atoms. The largest absolute Gasteiger partial charge is 0.497 e. The predicted molar refractivity (Wildman–Crippen MR) is 81.8 cm³/mol. The van der Waals surface area contributed by atoms with E-state index in [2.05, 4.69) is 25.4 Å². The summed E-state index contributed by atoms with van der Waals surface area (Å²) >= 11 is 0. The van der Waals surface area contributed by atoms with Crippen molar-refractivity contribution in [2.75, 3.05) is 7.11 Å². The lowest BCUT2D eigenvalue weighted by atomic mass is 10.1. The first-order valence-electron chi connectivity index (χ1n) is 6.56. The number of ether oxygens (including phenoxy) is 1. The molecule has 0 aliphatic rings. The number of nitrogens with zero attached hydrogens (tertiary/aromatic N) is 3. The summed E-state index contributed by atoms with van der Waals surface area (Å²) in [6.07, 6.45) is 1.61. The van der Waals surface area contributed by atoms with Crippen molar-refractivity contribution < 1.29 is 4.74 Å². The van der Waals surface area contributed by atoms with Crippen LogP contribution in [0.1, 0.15) is 0 Å². The van der Waals surface area contributed by atoms with Gasteiger partial charge in [-0.3, -0.25) is 15.0 Å². The maximum Gasteiger partial charge on any atom is 0.292 e. The monoisotopic (exact) mass is 295 g/mol. The Hall–Kier alpha value is -3.22. The Labute approximate surface area is 125 Å². The van der Waals surface area contributed by atoms with Gasteiger partial charge in [-0.25, -0.2) is 4.98 Å². The number of hydrogen-bond acceptors (Lipinski definition) is 5. The van der Waals surface area contributed by atoms with Gasteiger partial charge in [-0.15, -0.1) is 10.2 Å². The summed E-state index contributed by atoms with van der Waals surface area (Å²) in [6, 6.07) is 12.6. The van der Waals surface area contributed by atoms with Crippen molar-refractivity contribution in [3.63, 3.8) is 0 Å². The van der Waals surface area contributed by atoms with Gasteiger partial charge in [-0.1, -0.05) is 6.07 Å². The summed E-state index contributed by atoms with van der Waals surface area (Å²) < 4.78 is 5.12. The average molecular weight is 295 g/mol. The van der Waals surface area contributed by atoms with Crippen molar-refractivity contribution in [2.45, 2.75) is 0 Å². The molecule has 0 bridgehead atoms. The summed E-state index contributed by atoms with van der Waals surface area (Å²) in [7, 11) is 1.60. The second-order valence-electron chi connectivity index (χ2n) is 4.42. The zero-order valence-electron chi connectivity index (χ0n) is 11.8. The standard InChI is InChI=1S/C15H13N5O2/c1-22-11-7-5-10(6-8-11)13-14(15(21)20-18-13)19-17-12-4-2-3-9-16-12/h2-9H,1H3,(H2,18,20,21). The van der Waals surface area contributed by atoms with E-state index in [9.17, 15) is 4.79 Å². The number of rotatable bonds is 4. The summed E-state index contributed by atoms with van der Waals surface area (Å²) in [6.45, 7) is 0. The Morgan fingerprint density at radius 1 is 1.05 bits per heavy atom. The second-order valence-corrected chi connectivity index (χ2v) is 4.42. The van der Waals surface area contributed by atoms with Gasteiger partial charge in [0.2, 0.25) is 0 Å². The highest BCUT2D eigenvalue weighted by atomic mass is 16.5. The molecule has 7 heteroatoms. The molecule has 0 spiro atoms. The molecule has 0 saturated carbocycles. The summed E-state index contributed by atoms with van der Waals surface area (Å²) in [5.41, 5.74) is 1.22. The fourth-order valence-electron chi connectivity index (χ4n) is 1.93. The highest BCUT2D eigenvalue weighted by Crippen LogP contribution is 2.27. The quantitative estimate of drug-likeness (QED) is 0.723. The molecular formula is C15H13N5O2. The normalized spacial score (nSPS) is 11.0. The first-order valence-corrected chi connectivity index (χ1v) is 6.56. The van der Waals surface area contributed by atoms with Crippen LogP contribution in [0, 0.1) is 0 Å². The minimum Gasteiger partial charge on any atom is -0.497 e. The molecule has 3 rings (SSSR count). The average Bonchev–Trinajstić information content (AvgIpc) is 2.95. The van der Waals surface area contributed by atoms with Crippen LogP contribution in [0.2, 0.25) is 0 Å². The van der Waals surface area contributed by atoms with Gasteiger partial charge in [0.05, 0.1) is 12.8 Å². The van der Waals surface area contributed by atoms with Gasteiger partial charge in [0.25, 0.3) is 5.56 Å². The Morgan fingerprint density at radius 2 is 1.86 bits per heavy atom. The fraction of sp³-hybridized carbons (Fsp3) is 0.0667. The lowest BCUT2D eigenvalue weighted by Crippen LogP contribution is -1.96. The minimum atomic E-state index is -0.342. The van der Waals surface area contributed by atoms with E-state index in [4.69, 9.17) is 4.74 Å². The van der Waals surface area contributed by atoms with Gasteiger partial charge in [0.15, 0.2) is 11.5 Å². The van der Waals surface area contributed by atoms with Crippen molar-refractivity contribution in [2.24, 2.45) is 10.2 Å². The van der Waals surface area contributed by atoms with E-state index in [1.54, 1.807) is 43.6 Å². The molecule has 2 heterocycles. The molecule has 0 fully saturated rings. The highest BCUT2D eigenvalue weighted by Gasteiger charge is 2.11.